The highest BCUT2D eigenvalue weighted by Gasteiger charge is 2.43. The molecule has 0 bridgehead atoms. The van der Waals surface area contributed by atoms with E-state index in [4.69, 9.17) is 5.11 Å². The average molecular weight is 491 g/mol. The molecule has 0 aliphatic rings. The molecule has 5 N–H and O–H groups in total. The topological polar surface area (TPSA) is 145 Å². The molecule has 0 aromatic carbocycles. The Bertz CT molecular complexity index is 527. The van der Waals surface area contributed by atoms with Crippen LogP contribution in [-0.4, -0.2) is 68.0 Å². The summed E-state index contributed by atoms with van der Waals surface area (Å²) in [4.78, 5) is 23.0. The van der Waals surface area contributed by atoms with E-state index in [-0.39, 0.29) is 6.10 Å². The third kappa shape index (κ3) is 16.5. The second-order valence-corrected chi connectivity index (χ2v) is 9.59. The molecule has 4 atom stereocenters. The van der Waals surface area contributed by atoms with Crippen LogP contribution in [0.3, 0.4) is 0 Å². The minimum Gasteiger partial charge on any atom is -0.427 e. The molecular formula is C26H50O8. The summed E-state index contributed by atoms with van der Waals surface area (Å²) >= 11 is 0. The van der Waals surface area contributed by atoms with E-state index in [1.807, 2.05) is 0 Å². The summed E-state index contributed by atoms with van der Waals surface area (Å²) in [5.74, 6) is -4.61. The van der Waals surface area contributed by atoms with Crippen LogP contribution >= 0.6 is 0 Å². The number of esters is 1. The predicted octanol–water partition coefficient (Wildman–Crippen LogP) is 3.53. The summed E-state index contributed by atoms with van der Waals surface area (Å²) < 4.78 is 4.44. The first-order valence-electron chi connectivity index (χ1n) is 13.3. The van der Waals surface area contributed by atoms with Gasteiger partial charge in [-0.25, -0.2) is 0 Å². The Morgan fingerprint density at radius 1 is 0.735 bits per heavy atom. The van der Waals surface area contributed by atoms with Gasteiger partial charge in [0, 0.05) is 13.3 Å². The van der Waals surface area contributed by atoms with Gasteiger partial charge in [0.1, 0.15) is 6.61 Å². The Morgan fingerprint density at radius 2 is 1.15 bits per heavy atom. The number of aliphatic hydroxyl groups excluding tert-OH is 4. The van der Waals surface area contributed by atoms with Crippen molar-refractivity contribution in [3.63, 3.8) is 0 Å². The van der Waals surface area contributed by atoms with Crippen LogP contribution in [-0.2, 0) is 14.3 Å². The Kier molecular flexibility index (Phi) is 19.5. The summed E-state index contributed by atoms with van der Waals surface area (Å²) in [6.07, 6.45) is 13.0. The molecule has 0 radical (unpaired) electrons. The van der Waals surface area contributed by atoms with Gasteiger partial charge in [0.05, 0.1) is 12.2 Å². The van der Waals surface area contributed by atoms with Crippen molar-refractivity contribution in [3.05, 3.63) is 0 Å². The molecule has 0 aromatic rings. The van der Waals surface area contributed by atoms with Crippen molar-refractivity contribution in [1.29, 1.82) is 0 Å². The van der Waals surface area contributed by atoms with Crippen LogP contribution < -0.4 is 0 Å². The fourth-order valence-corrected chi connectivity index (χ4v) is 4.07. The minimum absolute atomic E-state index is 0.300. The summed E-state index contributed by atoms with van der Waals surface area (Å²) in [5.41, 5.74) is 0. The van der Waals surface area contributed by atoms with E-state index < -0.39 is 42.8 Å². The lowest BCUT2D eigenvalue weighted by molar-refractivity contribution is -0.255. The van der Waals surface area contributed by atoms with Gasteiger partial charge in [0.15, 0.2) is 11.9 Å². The lowest BCUT2D eigenvalue weighted by Gasteiger charge is -2.29. The van der Waals surface area contributed by atoms with Crippen LogP contribution in [0.2, 0.25) is 0 Å². The maximum atomic E-state index is 12.1. The van der Waals surface area contributed by atoms with Crippen molar-refractivity contribution < 1.29 is 39.9 Å². The first-order chi connectivity index (χ1) is 16.2. The summed E-state index contributed by atoms with van der Waals surface area (Å²) in [7, 11) is 0. The van der Waals surface area contributed by atoms with E-state index in [0.717, 1.165) is 26.2 Å². The molecule has 0 saturated heterocycles. The van der Waals surface area contributed by atoms with E-state index in [0.29, 0.717) is 25.7 Å². The molecule has 8 heteroatoms. The van der Waals surface area contributed by atoms with Crippen LogP contribution in [0, 0.1) is 0 Å². The molecule has 0 aliphatic heterocycles. The fourth-order valence-electron chi connectivity index (χ4n) is 4.07. The number of aliphatic hydroxyl groups is 5. The Labute approximate surface area is 205 Å². The van der Waals surface area contributed by atoms with Gasteiger partial charge in [-0.2, -0.15) is 0 Å². The average Bonchev–Trinajstić information content (AvgIpc) is 2.79. The van der Waals surface area contributed by atoms with E-state index in [9.17, 15) is 30.0 Å². The van der Waals surface area contributed by atoms with Gasteiger partial charge in [-0.3, -0.25) is 9.59 Å². The molecule has 34 heavy (non-hydrogen) atoms. The van der Waals surface area contributed by atoms with Gasteiger partial charge in [-0.15, -0.1) is 0 Å². The molecular weight excluding hydrogens is 440 g/mol. The molecule has 0 aliphatic carbocycles. The third-order valence-electron chi connectivity index (χ3n) is 6.18. The molecule has 0 rings (SSSR count). The van der Waals surface area contributed by atoms with Crippen molar-refractivity contribution in [1.82, 2.24) is 0 Å². The molecule has 0 fully saturated rings. The number of Topliss-reactive ketones (excluding diaryl/α,β-unsaturated/α-hetero) is 1. The van der Waals surface area contributed by atoms with Gasteiger partial charge in [-0.05, 0) is 19.3 Å². The Hall–Kier alpha value is -1.06. The van der Waals surface area contributed by atoms with Crippen molar-refractivity contribution in [3.8, 4) is 0 Å². The van der Waals surface area contributed by atoms with Crippen LogP contribution in [0.1, 0.15) is 123 Å². The highest BCUT2D eigenvalue weighted by Crippen LogP contribution is 2.18. The molecule has 0 saturated carbocycles. The van der Waals surface area contributed by atoms with Crippen molar-refractivity contribution in [2.24, 2.45) is 0 Å². The maximum absolute atomic E-state index is 12.1. The number of ketones is 1. The van der Waals surface area contributed by atoms with Crippen LogP contribution in [0.4, 0.5) is 0 Å². The monoisotopic (exact) mass is 490 g/mol. The fraction of sp³-hybridized carbons (Fsp3) is 0.923. The van der Waals surface area contributed by atoms with Crippen LogP contribution in [0.25, 0.3) is 0 Å². The second kappa shape index (κ2) is 20.2. The normalized spacial score (nSPS) is 16.0. The number of unbranched alkanes of at least 4 members (excludes halogenated alkanes) is 11. The maximum Gasteiger partial charge on any atom is 0.305 e. The summed E-state index contributed by atoms with van der Waals surface area (Å²) in [5, 5.41) is 49.1. The van der Waals surface area contributed by atoms with Gasteiger partial charge in [-0.1, -0.05) is 90.4 Å². The summed E-state index contributed by atoms with van der Waals surface area (Å²) in [6.45, 7) is 2.06. The lowest BCUT2D eigenvalue weighted by atomic mass is 9.97. The van der Waals surface area contributed by atoms with Crippen molar-refractivity contribution in [2.75, 3.05) is 6.61 Å². The first kappa shape index (κ1) is 32.9. The number of ether oxygens (including phenoxy) is 1. The van der Waals surface area contributed by atoms with Crippen LogP contribution in [0.5, 0.6) is 0 Å². The molecule has 0 amide bonds. The summed E-state index contributed by atoms with van der Waals surface area (Å²) in [6, 6.07) is 0. The van der Waals surface area contributed by atoms with E-state index in [1.165, 1.54) is 57.8 Å². The van der Waals surface area contributed by atoms with Crippen molar-refractivity contribution in [2.45, 2.75) is 147 Å². The quantitative estimate of drug-likeness (QED) is 0.0831. The second-order valence-electron chi connectivity index (χ2n) is 9.59. The van der Waals surface area contributed by atoms with Crippen molar-refractivity contribution >= 4 is 11.8 Å². The molecule has 0 heterocycles. The molecule has 0 spiro atoms. The lowest BCUT2D eigenvalue weighted by Crippen LogP contribution is -2.53. The molecule has 0 aromatic heterocycles. The third-order valence-corrected chi connectivity index (χ3v) is 6.18. The highest BCUT2D eigenvalue weighted by molar-refractivity contribution is 5.84. The standard InChI is InChI=1S/C26H50O8/c1-3-4-5-6-7-8-9-10-11-12-13-16-22(29)17-14-15-18-23(30)19-24(31)25(32)26(33,20-27)34-21(2)28/h22-23,25,27,29-30,32-33H,3-20H2,1-2H3. The Morgan fingerprint density at radius 3 is 1.59 bits per heavy atom. The van der Waals surface area contributed by atoms with Gasteiger partial charge < -0.3 is 30.3 Å². The van der Waals surface area contributed by atoms with Gasteiger partial charge in [0.2, 0.25) is 0 Å². The molecule has 8 nitrogen and oxygen atoms in total. The number of hydrogen-bond donors (Lipinski definition) is 5. The highest BCUT2D eigenvalue weighted by atomic mass is 16.7. The first-order valence-corrected chi connectivity index (χ1v) is 13.3. The Balaban J connectivity index is 3.80. The number of hydrogen-bond acceptors (Lipinski definition) is 8. The number of rotatable bonds is 23. The van der Waals surface area contributed by atoms with E-state index in [2.05, 4.69) is 11.7 Å². The largest absolute Gasteiger partial charge is 0.427 e. The van der Waals surface area contributed by atoms with Gasteiger partial charge >= 0.3 is 5.97 Å². The van der Waals surface area contributed by atoms with Crippen LogP contribution in [0.15, 0.2) is 0 Å². The smallest absolute Gasteiger partial charge is 0.305 e. The molecule has 4 unspecified atom stereocenters. The van der Waals surface area contributed by atoms with E-state index in [1.54, 1.807) is 0 Å². The number of carbonyl (C=O) groups excluding carboxylic acids is 2. The zero-order chi connectivity index (χ0) is 25.8. The minimum atomic E-state index is -2.72. The SMILES string of the molecule is CCCCCCCCCCCCCC(O)CCCCC(O)CC(=O)C(O)C(O)(CO)OC(C)=O. The molecule has 202 valence electrons. The van der Waals surface area contributed by atoms with Gasteiger partial charge in [0.25, 0.3) is 5.79 Å². The zero-order valence-corrected chi connectivity index (χ0v) is 21.4. The zero-order valence-electron chi connectivity index (χ0n) is 21.4. The number of carbonyl (C=O) groups is 2. The predicted molar refractivity (Wildman–Crippen MR) is 131 cm³/mol. The van der Waals surface area contributed by atoms with E-state index >= 15 is 0 Å².